The molecule has 12 aromatic rings. The van der Waals surface area contributed by atoms with Gasteiger partial charge in [-0.3, -0.25) is 0 Å². The third-order valence-electron chi connectivity index (χ3n) is 11.7. The minimum absolute atomic E-state index is 0.894. The number of rotatable bonds is 5. The molecule has 0 fully saturated rings. The van der Waals surface area contributed by atoms with Crippen LogP contribution in [0.15, 0.2) is 211 Å². The molecule has 0 atom stereocenters. The fraction of sp³-hybridized carbons (Fsp3) is 0. The van der Waals surface area contributed by atoms with Crippen LogP contribution in [0.5, 0.6) is 0 Å². The molecule has 3 nitrogen and oxygen atoms in total. The highest BCUT2D eigenvalue weighted by Crippen LogP contribution is 2.41. The van der Waals surface area contributed by atoms with Crippen molar-refractivity contribution in [2.45, 2.75) is 0 Å². The van der Waals surface area contributed by atoms with E-state index in [2.05, 4.69) is 209 Å². The van der Waals surface area contributed by atoms with Crippen LogP contribution in [0.2, 0.25) is 0 Å². The highest BCUT2D eigenvalue weighted by molar-refractivity contribution is 6.18. The van der Waals surface area contributed by atoms with Crippen LogP contribution in [0.1, 0.15) is 0 Å². The van der Waals surface area contributed by atoms with Gasteiger partial charge in [0.15, 0.2) is 0 Å². The maximum atomic E-state index is 6.44. The van der Waals surface area contributed by atoms with E-state index in [1.807, 2.05) is 6.07 Å². The highest BCUT2D eigenvalue weighted by Gasteiger charge is 2.19. The van der Waals surface area contributed by atoms with E-state index in [-0.39, 0.29) is 0 Å². The van der Waals surface area contributed by atoms with Crippen LogP contribution in [0.3, 0.4) is 0 Å². The monoisotopic (exact) mass is 726 g/mol. The van der Waals surface area contributed by atoms with Gasteiger partial charge >= 0.3 is 0 Å². The van der Waals surface area contributed by atoms with Gasteiger partial charge in [0.25, 0.3) is 0 Å². The van der Waals surface area contributed by atoms with Crippen molar-refractivity contribution in [1.29, 1.82) is 0 Å². The van der Waals surface area contributed by atoms with Crippen molar-refractivity contribution in [2.24, 2.45) is 0 Å². The molecule has 0 bridgehead atoms. The number of aromatic nitrogens is 2. The largest absolute Gasteiger partial charge is 0.456 e. The zero-order valence-corrected chi connectivity index (χ0v) is 30.9. The van der Waals surface area contributed by atoms with E-state index >= 15 is 0 Å². The number of fused-ring (bicyclic) bond motifs is 9. The summed E-state index contributed by atoms with van der Waals surface area (Å²) in [5.74, 6) is 0. The Labute approximate surface area is 328 Å². The molecule has 0 aliphatic rings. The molecular formula is C54H34N2O. The van der Waals surface area contributed by atoms with E-state index in [9.17, 15) is 0 Å². The van der Waals surface area contributed by atoms with Crippen molar-refractivity contribution >= 4 is 65.6 Å². The molecule has 12 rings (SSSR count). The molecule has 0 saturated carbocycles. The number of benzene rings is 9. The molecule has 3 heterocycles. The average molecular weight is 727 g/mol. The number of hydrogen-bond donors (Lipinski definition) is 0. The number of nitrogens with zero attached hydrogens (tertiary/aromatic N) is 2. The van der Waals surface area contributed by atoms with E-state index < -0.39 is 0 Å². The number of para-hydroxylation sites is 2. The Morgan fingerprint density at radius 2 is 0.754 bits per heavy atom. The van der Waals surface area contributed by atoms with Gasteiger partial charge in [0, 0.05) is 49.8 Å². The summed E-state index contributed by atoms with van der Waals surface area (Å²) in [6, 6.07) is 74.5. The Morgan fingerprint density at radius 3 is 1.49 bits per heavy atom. The Kier molecular flexibility index (Phi) is 6.93. The zero-order chi connectivity index (χ0) is 37.5. The van der Waals surface area contributed by atoms with Crippen molar-refractivity contribution in [3.63, 3.8) is 0 Å². The lowest BCUT2D eigenvalue weighted by molar-refractivity contribution is 0.669. The van der Waals surface area contributed by atoms with E-state index in [4.69, 9.17) is 4.42 Å². The summed E-state index contributed by atoms with van der Waals surface area (Å²) < 4.78 is 11.2. The maximum Gasteiger partial charge on any atom is 0.137 e. The second-order valence-electron chi connectivity index (χ2n) is 14.9. The second kappa shape index (κ2) is 12.5. The molecule has 0 aliphatic carbocycles. The first-order chi connectivity index (χ1) is 28.2. The predicted octanol–water partition coefficient (Wildman–Crippen LogP) is 14.8. The second-order valence-corrected chi connectivity index (χ2v) is 14.9. The van der Waals surface area contributed by atoms with E-state index in [0.29, 0.717) is 0 Å². The molecule has 0 radical (unpaired) electrons. The van der Waals surface area contributed by atoms with Crippen LogP contribution in [0.4, 0.5) is 0 Å². The minimum atomic E-state index is 0.894. The van der Waals surface area contributed by atoms with Crippen LogP contribution in [0.25, 0.3) is 110 Å². The third kappa shape index (κ3) is 4.99. The lowest BCUT2D eigenvalue weighted by atomic mass is 10.00. The van der Waals surface area contributed by atoms with Crippen molar-refractivity contribution < 1.29 is 4.42 Å². The average Bonchev–Trinajstić information content (AvgIpc) is 3.93. The molecular weight excluding hydrogens is 693 g/mol. The van der Waals surface area contributed by atoms with Gasteiger partial charge in [-0.25, -0.2) is 0 Å². The zero-order valence-electron chi connectivity index (χ0n) is 30.9. The van der Waals surface area contributed by atoms with E-state index in [1.54, 1.807) is 0 Å². The van der Waals surface area contributed by atoms with Crippen LogP contribution in [-0.4, -0.2) is 9.13 Å². The first kappa shape index (κ1) is 31.7. The Hall–Kier alpha value is -7.62. The van der Waals surface area contributed by atoms with Crippen molar-refractivity contribution in [3.8, 4) is 44.8 Å². The summed E-state index contributed by atoms with van der Waals surface area (Å²) in [5.41, 5.74) is 15.9. The number of hydrogen-bond acceptors (Lipinski definition) is 1. The van der Waals surface area contributed by atoms with Gasteiger partial charge in [-0.05, 0) is 100 Å². The molecule has 0 amide bonds. The van der Waals surface area contributed by atoms with E-state index in [0.717, 1.165) is 44.3 Å². The topological polar surface area (TPSA) is 23.0 Å². The lowest BCUT2D eigenvalue weighted by Gasteiger charge is -2.11. The summed E-state index contributed by atoms with van der Waals surface area (Å²) >= 11 is 0. The predicted molar refractivity (Wildman–Crippen MR) is 239 cm³/mol. The molecule has 3 heteroatoms. The van der Waals surface area contributed by atoms with Crippen LogP contribution in [0, 0.1) is 0 Å². The summed E-state index contributed by atoms with van der Waals surface area (Å²) in [6.45, 7) is 0. The number of furan rings is 1. The normalized spacial score (nSPS) is 11.9. The van der Waals surface area contributed by atoms with Crippen molar-refractivity contribution in [1.82, 2.24) is 9.13 Å². The summed E-state index contributed by atoms with van der Waals surface area (Å²) in [7, 11) is 0. The molecule has 0 spiro atoms. The molecule has 0 aliphatic heterocycles. The third-order valence-corrected chi connectivity index (χ3v) is 11.7. The lowest BCUT2D eigenvalue weighted by Crippen LogP contribution is -1.94. The quantitative estimate of drug-likeness (QED) is 0.173. The molecule has 266 valence electrons. The van der Waals surface area contributed by atoms with Crippen molar-refractivity contribution in [3.05, 3.63) is 206 Å². The molecule has 0 saturated heterocycles. The SMILES string of the molecule is c1ccc(-c2ccc(-n3c4ccc(-c5ccc6c(c5)c5ccccc5n6-c5cccc(-c6ccccc6)c5)cc4c4cc5c(cc43)oc3ccccc35)cc2)cc1. The van der Waals surface area contributed by atoms with Gasteiger partial charge in [-0.15, -0.1) is 0 Å². The Bertz CT molecular complexity index is 3490. The van der Waals surface area contributed by atoms with Crippen LogP contribution >= 0.6 is 0 Å². The van der Waals surface area contributed by atoms with Gasteiger partial charge in [-0.2, -0.15) is 0 Å². The van der Waals surface area contributed by atoms with Gasteiger partial charge in [0.05, 0.1) is 22.1 Å². The van der Waals surface area contributed by atoms with Gasteiger partial charge in [-0.1, -0.05) is 133 Å². The maximum absolute atomic E-state index is 6.44. The molecule has 9 aromatic carbocycles. The first-order valence-corrected chi connectivity index (χ1v) is 19.5. The molecule has 0 unspecified atom stereocenters. The van der Waals surface area contributed by atoms with Gasteiger partial charge in [0.1, 0.15) is 11.2 Å². The van der Waals surface area contributed by atoms with E-state index in [1.165, 1.54) is 66.0 Å². The first-order valence-electron chi connectivity index (χ1n) is 19.5. The molecule has 3 aromatic heterocycles. The van der Waals surface area contributed by atoms with Crippen LogP contribution in [-0.2, 0) is 0 Å². The van der Waals surface area contributed by atoms with Gasteiger partial charge < -0.3 is 13.6 Å². The molecule has 0 N–H and O–H groups in total. The fourth-order valence-electron chi connectivity index (χ4n) is 9.01. The Morgan fingerprint density at radius 1 is 0.246 bits per heavy atom. The fourth-order valence-corrected chi connectivity index (χ4v) is 9.01. The standard InChI is InChI=1S/C54H34N2O/c1-3-12-35(13-4-1)37-22-26-41(27-23-37)55-51-29-25-40(32-46(51)47-33-48-44-19-8-10-21-53(44)57-54(48)34-52(47)55)39-24-28-50-45(31-39)43-18-7-9-20-49(43)56(50)42-17-11-16-38(30-42)36-14-5-2-6-15-36/h1-34H. The summed E-state index contributed by atoms with van der Waals surface area (Å²) in [5, 5.41) is 7.16. The summed E-state index contributed by atoms with van der Waals surface area (Å²) in [4.78, 5) is 0. The minimum Gasteiger partial charge on any atom is -0.456 e. The van der Waals surface area contributed by atoms with Crippen LogP contribution < -0.4 is 0 Å². The smallest absolute Gasteiger partial charge is 0.137 e. The highest BCUT2D eigenvalue weighted by atomic mass is 16.3. The Balaban J connectivity index is 1.05. The summed E-state index contributed by atoms with van der Waals surface area (Å²) in [6.07, 6.45) is 0. The van der Waals surface area contributed by atoms with Gasteiger partial charge in [0.2, 0.25) is 0 Å². The molecule has 57 heavy (non-hydrogen) atoms. The van der Waals surface area contributed by atoms with Crippen molar-refractivity contribution in [2.75, 3.05) is 0 Å².